The lowest BCUT2D eigenvalue weighted by molar-refractivity contribution is -0.141. The summed E-state index contributed by atoms with van der Waals surface area (Å²) in [5, 5.41) is 6.69. The van der Waals surface area contributed by atoms with Crippen LogP contribution in [0.15, 0.2) is 59.7 Å². The van der Waals surface area contributed by atoms with Gasteiger partial charge in [-0.15, -0.1) is 0 Å². The summed E-state index contributed by atoms with van der Waals surface area (Å²) in [5.74, 6) is -1.20. The molecule has 0 fully saturated rings. The van der Waals surface area contributed by atoms with E-state index in [2.05, 4.69) is 25.4 Å². The Bertz CT molecular complexity index is 1690. The molecule has 0 aromatic carbocycles. The number of hydrogen-bond acceptors (Lipinski definition) is 6. The highest BCUT2D eigenvalue weighted by Crippen LogP contribution is 2.29. The van der Waals surface area contributed by atoms with E-state index in [1.54, 1.807) is 25.3 Å². The molecule has 0 aliphatic carbocycles. The van der Waals surface area contributed by atoms with Crippen LogP contribution in [0.4, 0.5) is 23.4 Å². The quantitative estimate of drug-likeness (QED) is 0.380. The van der Waals surface area contributed by atoms with Crippen molar-refractivity contribution < 1.29 is 22.4 Å². The standard InChI is InChI=1S/C23H15F4N7O2/c1-12-14(3-2-8-28-12)16-9-20-33(11-19(35)31-18-7-4-13(24)10-29-18)22(36)15-5-6-17(23(25,26)27)30-21(15)34(20)32-16/h2-10H,11H2,1H3,(H,29,31,35). The van der Waals surface area contributed by atoms with Crippen molar-refractivity contribution in [2.24, 2.45) is 0 Å². The Morgan fingerprint density at radius 1 is 1.11 bits per heavy atom. The van der Waals surface area contributed by atoms with Gasteiger partial charge in [-0.1, -0.05) is 0 Å². The van der Waals surface area contributed by atoms with Crippen LogP contribution in [0.2, 0.25) is 0 Å². The molecule has 0 bridgehead atoms. The lowest BCUT2D eigenvalue weighted by Crippen LogP contribution is -2.30. The number of nitrogens with zero attached hydrogens (tertiary/aromatic N) is 6. The van der Waals surface area contributed by atoms with Gasteiger partial charge >= 0.3 is 6.18 Å². The van der Waals surface area contributed by atoms with Crippen LogP contribution in [0.1, 0.15) is 11.4 Å². The fourth-order valence-corrected chi connectivity index (χ4v) is 3.72. The first kappa shape index (κ1) is 23.1. The highest BCUT2D eigenvalue weighted by atomic mass is 19.4. The third-order valence-electron chi connectivity index (χ3n) is 5.39. The van der Waals surface area contributed by atoms with Crippen LogP contribution >= 0.6 is 0 Å². The molecule has 5 heterocycles. The predicted molar refractivity (Wildman–Crippen MR) is 121 cm³/mol. The molecule has 5 rings (SSSR count). The number of nitrogens with one attached hydrogen (secondary N) is 1. The van der Waals surface area contributed by atoms with E-state index in [1.165, 1.54) is 12.1 Å². The summed E-state index contributed by atoms with van der Waals surface area (Å²) in [5.41, 5.74) is -0.697. The minimum atomic E-state index is -4.74. The number of alkyl halides is 3. The van der Waals surface area contributed by atoms with Gasteiger partial charge in [-0.3, -0.25) is 19.1 Å². The smallest absolute Gasteiger partial charge is 0.309 e. The molecule has 0 unspecified atom stereocenters. The van der Waals surface area contributed by atoms with Crippen molar-refractivity contribution in [1.29, 1.82) is 0 Å². The molecule has 0 atom stereocenters. The largest absolute Gasteiger partial charge is 0.433 e. The molecule has 5 aromatic heterocycles. The molecule has 0 radical (unpaired) electrons. The van der Waals surface area contributed by atoms with E-state index in [4.69, 9.17) is 0 Å². The molecular weight excluding hydrogens is 482 g/mol. The molecule has 0 saturated carbocycles. The zero-order chi connectivity index (χ0) is 25.6. The van der Waals surface area contributed by atoms with Gasteiger partial charge in [0.05, 0.1) is 17.3 Å². The van der Waals surface area contributed by atoms with Gasteiger partial charge in [-0.05, 0) is 43.3 Å². The van der Waals surface area contributed by atoms with E-state index in [-0.39, 0.29) is 22.5 Å². The number of anilines is 1. The van der Waals surface area contributed by atoms with Crippen LogP contribution in [0.3, 0.4) is 0 Å². The van der Waals surface area contributed by atoms with Gasteiger partial charge in [0.1, 0.15) is 29.5 Å². The lowest BCUT2D eigenvalue weighted by atomic mass is 10.1. The van der Waals surface area contributed by atoms with E-state index >= 15 is 0 Å². The summed E-state index contributed by atoms with van der Waals surface area (Å²) in [6.07, 6.45) is -2.25. The SMILES string of the molecule is Cc1ncccc1-c1cc2n(CC(=O)Nc3ccc(F)cn3)c(=O)c3ccc(C(F)(F)F)nc3n2n1. The van der Waals surface area contributed by atoms with Crippen LogP contribution in [0.5, 0.6) is 0 Å². The molecule has 9 nitrogen and oxygen atoms in total. The number of aromatic nitrogens is 6. The molecule has 1 amide bonds. The number of carbonyl (C=O) groups excluding carboxylic acids is 1. The molecule has 5 aromatic rings. The number of aryl methyl sites for hydroxylation is 1. The second kappa shape index (κ2) is 8.52. The van der Waals surface area contributed by atoms with Crippen LogP contribution in [0, 0.1) is 12.7 Å². The van der Waals surface area contributed by atoms with Crippen LogP contribution in [-0.2, 0) is 17.5 Å². The number of rotatable bonds is 4. The fraction of sp³-hybridized carbons (Fsp3) is 0.130. The zero-order valence-corrected chi connectivity index (χ0v) is 18.4. The third kappa shape index (κ3) is 4.15. The van der Waals surface area contributed by atoms with Crippen LogP contribution < -0.4 is 10.9 Å². The van der Waals surface area contributed by atoms with Gasteiger partial charge < -0.3 is 5.32 Å². The molecule has 0 aliphatic heterocycles. The van der Waals surface area contributed by atoms with E-state index < -0.39 is 35.7 Å². The Morgan fingerprint density at radius 3 is 2.61 bits per heavy atom. The van der Waals surface area contributed by atoms with Gasteiger partial charge in [-0.2, -0.15) is 22.8 Å². The second-order valence-corrected chi connectivity index (χ2v) is 7.80. The first-order valence-electron chi connectivity index (χ1n) is 10.5. The Morgan fingerprint density at radius 2 is 1.92 bits per heavy atom. The monoisotopic (exact) mass is 497 g/mol. The van der Waals surface area contributed by atoms with Gasteiger partial charge in [0.25, 0.3) is 5.56 Å². The van der Waals surface area contributed by atoms with Gasteiger partial charge in [0.2, 0.25) is 5.91 Å². The Balaban J connectivity index is 1.69. The average Bonchev–Trinajstić information content (AvgIpc) is 3.28. The number of pyridine rings is 3. The minimum Gasteiger partial charge on any atom is -0.309 e. The van der Waals surface area contributed by atoms with Gasteiger partial charge in [0.15, 0.2) is 5.65 Å². The molecule has 13 heteroatoms. The van der Waals surface area contributed by atoms with Crippen molar-refractivity contribution in [3.05, 3.63) is 82.4 Å². The maximum Gasteiger partial charge on any atom is 0.433 e. The number of carbonyl (C=O) groups is 1. The number of amides is 1. The minimum absolute atomic E-state index is 0.0415. The number of hydrogen-bond donors (Lipinski definition) is 1. The number of halogens is 4. The van der Waals surface area contributed by atoms with Crippen molar-refractivity contribution in [3.63, 3.8) is 0 Å². The number of fused-ring (bicyclic) bond motifs is 3. The molecule has 1 N–H and O–H groups in total. The van der Waals surface area contributed by atoms with E-state index in [0.29, 0.717) is 23.0 Å². The maximum atomic E-state index is 13.4. The van der Waals surface area contributed by atoms with E-state index in [9.17, 15) is 27.2 Å². The predicted octanol–water partition coefficient (Wildman–Crippen LogP) is 3.61. The highest BCUT2D eigenvalue weighted by molar-refractivity contribution is 5.90. The summed E-state index contributed by atoms with van der Waals surface area (Å²) in [4.78, 5) is 37.6. The highest BCUT2D eigenvalue weighted by Gasteiger charge is 2.33. The van der Waals surface area contributed by atoms with Crippen molar-refractivity contribution in [3.8, 4) is 11.3 Å². The summed E-state index contributed by atoms with van der Waals surface area (Å²) in [7, 11) is 0. The van der Waals surface area contributed by atoms with E-state index in [1.807, 2.05) is 0 Å². The summed E-state index contributed by atoms with van der Waals surface area (Å²) < 4.78 is 55.3. The molecule has 0 spiro atoms. The van der Waals surface area contributed by atoms with Gasteiger partial charge in [0, 0.05) is 23.5 Å². The van der Waals surface area contributed by atoms with Crippen LogP contribution in [-0.4, -0.2) is 35.0 Å². The topological polar surface area (TPSA) is 107 Å². The summed E-state index contributed by atoms with van der Waals surface area (Å²) in [6.45, 7) is 1.21. The summed E-state index contributed by atoms with van der Waals surface area (Å²) >= 11 is 0. The van der Waals surface area contributed by atoms with Crippen molar-refractivity contribution in [1.82, 2.24) is 29.1 Å². The molecule has 36 heavy (non-hydrogen) atoms. The van der Waals surface area contributed by atoms with Crippen molar-refractivity contribution >= 4 is 28.4 Å². The molecular formula is C23H15F4N7O2. The molecule has 182 valence electrons. The maximum absolute atomic E-state index is 13.4. The lowest BCUT2D eigenvalue weighted by Gasteiger charge is -2.12. The van der Waals surface area contributed by atoms with Crippen LogP contribution in [0.25, 0.3) is 27.9 Å². The zero-order valence-electron chi connectivity index (χ0n) is 18.4. The summed E-state index contributed by atoms with van der Waals surface area (Å²) in [6, 6.07) is 8.90. The third-order valence-corrected chi connectivity index (χ3v) is 5.39. The van der Waals surface area contributed by atoms with E-state index in [0.717, 1.165) is 27.4 Å². The molecule has 0 saturated heterocycles. The fourth-order valence-electron chi connectivity index (χ4n) is 3.72. The van der Waals surface area contributed by atoms with Crippen molar-refractivity contribution in [2.75, 3.05) is 5.32 Å². The normalized spacial score (nSPS) is 11.8. The van der Waals surface area contributed by atoms with Gasteiger partial charge in [-0.25, -0.2) is 14.4 Å². The Hall–Kier alpha value is -4.68. The average molecular weight is 497 g/mol. The first-order valence-corrected chi connectivity index (χ1v) is 10.5. The second-order valence-electron chi connectivity index (χ2n) is 7.80. The Labute approximate surface area is 199 Å². The van der Waals surface area contributed by atoms with Crippen molar-refractivity contribution in [2.45, 2.75) is 19.6 Å². The Kier molecular flexibility index (Phi) is 5.46. The first-order chi connectivity index (χ1) is 17.1. The molecule has 0 aliphatic rings.